The number of fused-ring (bicyclic) bond motifs is 1. The molecular weight excluding hydrogens is 298 g/mol. The van der Waals surface area contributed by atoms with Crippen LogP contribution in [0.4, 0.5) is 5.69 Å². The van der Waals surface area contributed by atoms with Gasteiger partial charge in [0.15, 0.2) is 0 Å². The van der Waals surface area contributed by atoms with E-state index in [0.717, 1.165) is 33.4 Å². The minimum atomic E-state index is -0.0543. The lowest BCUT2D eigenvalue weighted by atomic mass is 10.1. The molecule has 3 aromatic rings. The average Bonchev–Trinajstić information content (AvgIpc) is 2.46. The van der Waals surface area contributed by atoms with Gasteiger partial charge in [-0.15, -0.1) is 0 Å². The Labute approximate surface area is 133 Å². The second-order valence-electron chi connectivity index (χ2n) is 5.32. The van der Waals surface area contributed by atoms with Gasteiger partial charge in [0.05, 0.1) is 5.52 Å². The summed E-state index contributed by atoms with van der Waals surface area (Å²) in [6, 6.07) is 9.43. The number of anilines is 1. The number of benzene rings is 1. The summed E-state index contributed by atoms with van der Waals surface area (Å²) in [5.41, 5.74) is 4.30. The fourth-order valence-electron chi connectivity index (χ4n) is 2.56. The number of hydrogen-bond donors (Lipinski definition) is 2. The number of rotatable bonds is 3. The van der Waals surface area contributed by atoms with Crippen LogP contribution in [0.15, 0.2) is 41.3 Å². The van der Waals surface area contributed by atoms with Crippen LogP contribution in [0, 0.1) is 13.8 Å². The van der Waals surface area contributed by atoms with E-state index in [1.165, 1.54) is 0 Å². The maximum Gasteiger partial charge on any atom is 0.253 e. The molecule has 0 radical (unpaired) electrons. The monoisotopic (exact) mass is 313 g/mol. The number of halogens is 1. The van der Waals surface area contributed by atoms with Crippen LogP contribution in [-0.4, -0.2) is 9.97 Å². The van der Waals surface area contributed by atoms with Crippen molar-refractivity contribution in [3.05, 3.63) is 68.7 Å². The molecule has 0 atom stereocenters. The molecule has 3 rings (SSSR count). The van der Waals surface area contributed by atoms with Gasteiger partial charge in [0.2, 0.25) is 0 Å². The van der Waals surface area contributed by atoms with Crippen LogP contribution in [0.5, 0.6) is 0 Å². The molecule has 0 bridgehead atoms. The van der Waals surface area contributed by atoms with E-state index in [0.29, 0.717) is 11.6 Å². The molecule has 112 valence electrons. The molecule has 0 saturated carbocycles. The summed E-state index contributed by atoms with van der Waals surface area (Å²) in [4.78, 5) is 19.2. The van der Waals surface area contributed by atoms with Gasteiger partial charge in [-0.2, -0.15) is 0 Å². The predicted octanol–water partition coefficient (Wildman–Crippen LogP) is 3.81. The zero-order valence-corrected chi connectivity index (χ0v) is 13.2. The SMILES string of the molecule is Cc1cc(C)c(CNc2ccnc3ccc(Cl)cc23)c(=O)[nH]1. The zero-order chi connectivity index (χ0) is 15.7. The largest absolute Gasteiger partial charge is 0.380 e. The van der Waals surface area contributed by atoms with E-state index in [2.05, 4.69) is 15.3 Å². The molecule has 1 aromatic carbocycles. The third-order valence-corrected chi connectivity index (χ3v) is 3.89. The fourth-order valence-corrected chi connectivity index (χ4v) is 2.73. The lowest BCUT2D eigenvalue weighted by Gasteiger charge is -2.11. The van der Waals surface area contributed by atoms with E-state index in [4.69, 9.17) is 11.6 Å². The van der Waals surface area contributed by atoms with Crippen molar-refractivity contribution in [3.8, 4) is 0 Å². The van der Waals surface area contributed by atoms with Gasteiger partial charge in [0.1, 0.15) is 0 Å². The summed E-state index contributed by atoms with van der Waals surface area (Å²) < 4.78 is 0. The van der Waals surface area contributed by atoms with Gasteiger partial charge < -0.3 is 10.3 Å². The summed E-state index contributed by atoms with van der Waals surface area (Å²) in [6.07, 6.45) is 1.74. The number of nitrogens with one attached hydrogen (secondary N) is 2. The first kappa shape index (κ1) is 14.6. The van der Waals surface area contributed by atoms with Crippen LogP contribution >= 0.6 is 11.6 Å². The van der Waals surface area contributed by atoms with Crippen LogP contribution < -0.4 is 10.9 Å². The third-order valence-electron chi connectivity index (χ3n) is 3.65. The first-order valence-electron chi connectivity index (χ1n) is 7.02. The first-order chi connectivity index (χ1) is 10.5. The molecule has 0 unspecified atom stereocenters. The topological polar surface area (TPSA) is 57.8 Å². The third kappa shape index (κ3) is 2.83. The van der Waals surface area contributed by atoms with Crippen molar-refractivity contribution < 1.29 is 0 Å². The highest BCUT2D eigenvalue weighted by molar-refractivity contribution is 6.31. The number of aryl methyl sites for hydroxylation is 2. The van der Waals surface area contributed by atoms with Gasteiger partial charge in [-0.25, -0.2) is 0 Å². The predicted molar refractivity (Wildman–Crippen MR) is 90.6 cm³/mol. The highest BCUT2D eigenvalue weighted by Crippen LogP contribution is 2.25. The lowest BCUT2D eigenvalue weighted by Crippen LogP contribution is -2.18. The summed E-state index contributed by atoms with van der Waals surface area (Å²) in [5, 5.41) is 4.91. The molecular formula is C17H16ClN3O. The van der Waals surface area contributed by atoms with Gasteiger partial charge in [0.25, 0.3) is 5.56 Å². The number of H-pyrrole nitrogens is 1. The number of hydrogen-bond acceptors (Lipinski definition) is 3. The molecule has 0 fully saturated rings. The second kappa shape index (κ2) is 5.81. The maximum atomic E-state index is 12.1. The Balaban J connectivity index is 1.95. The first-order valence-corrected chi connectivity index (χ1v) is 7.40. The summed E-state index contributed by atoms with van der Waals surface area (Å²) in [7, 11) is 0. The Morgan fingerprint density at radius 1 is 1.23 bits per heavy atom. The van der Waals surface area contributed by atoms with Gasteiger partial charge in [-0.1, -0.05) is 11.6 Å². The van der Waals surface area contributed by atoms with E-state index < -0.39 is 0 Å². The summed E-state index contributed by atoms with van der Waals surface area (Å²) in [5.74, 6) is 0. The molecule has 22 heavy (non-hydrogen) atoms. The maximum absolute atomic E-state index is 12.1. The number of aromatic nitrogens is 2. The van der Waals surface area contributed by atoms with Crippen LogP contribution in [0.3, 0.4) is 0 Å². The van der Waals surface area contributed by atoms with Crippen molar-refractivity contribution >= 4 is 28.2 Å². The van der Waals surface area contributed by atoms with E-state index in [9.17, 15) is 4.79 Å². The molecule has 2 heterocycles. The number of nitrogens with zero attached hydrogens (tertiary/aromatic N) is 1. The van der Waals surface area contributed by atoms with Gasteiger partial charge in [-0.3, -0.25) is 9.78 Å². The number of aromatic amines is 1. The van der Waals surface area contributed by atoms with E-state index in [1.54, 1.807) is 6.20 Å². The Bertz CT molecular complexity index is 902. The lowest BCUT2D eigenvalue weighted by molar-refractivity contribution is 1.01. The van der Waals surface area contributed by atoms with E-state index in [-0.39, 0.29) is 5.56 Å². The Morgan fingerprint density at radius 2 is 2.05 bits per heavy atom. The van der Waals surface area contributed by atoms with Gasteiger partial charge in [-0.05, 0) is 49.7 Å². The number of pyridine rings is 2. The van der Waals surface area contributed by atoms with Crippen LogP contribution in [0.1, 0.15) is 16.8 Å². The highest BCUT2D eigenvalue weighted by Gasteiger charge is 2.07. The molecule has 0 spiro atoms. The zero-order valence-electron chi connectivity index (χ0n) is 12.4. The molecule has 5 heteroatoms. The normalized spacial score (nSPS) is 10.9. The molecule has 2 N–H and O–H groups in total. The smallest absolute Gasteiger partial charge is 0.253 e. The summed E-state index contributed by atoms with van der Waals surface area (Å²) >= 11 is 6.07. The van der Waals surface area contributed by atoms with Crippen LogP contribution in [-0.2, 0) is 6.54 Å². The van der Waals surface area contributed by atoms with Crippen molar-refractivity contribution in [3.63, 3.8) is 0 Å². The Morgan fingerprint density at radius 3 is 2.82 bits per heavy atom. The standard InChI is InChI=1S/C17H16ClN3O/c1-10-7-11(2)21-17(22)14(10)9-20-16-5-6-19-15-4-3-12(18)8-13(15)16/h3-8H,9H2,1-2H3,(H,19,20)(H,21,22). The molecule has 0 amide bonds. The average molecular weight is 314 g/mol. The highest BCUT2D eigenvalue weighted by atomic mass is 35.5. The van der Waals surface area contributed by atoms with E-state index in [1.807, 2.05) is 44.2 Å². The second-order valence-corrected chi connectivity index (χ2v) is 5.75. The minimum absolute atomic E-state index is 0.0543. The Hall–Kier alpha value is -2.33. The van der Waals surface area contributed by atoms with Crippen molar-refractivity contribution in [2.75, 3.05) is 5.32 Å². The van der Waals surface area contributed by atoms with Crippen molar-refractivity contribution in [2.45, 2.75) is 20.4 Å². The minimum Gasteiger partial charge on any atom is -0.380 e. The molecule has 4 nitrogen and oxygen atoms in total. The van der Waals surface area contributed by atoms with Crippen molar-refractivity contribution in [1.82, 2.24) is 9.97 Å². The van der Waals surface area contributed by atoms with Crippen LogP contribution in [0.25, 0.3) is 10.9 Å². The van der Waals surface area contributed by atoms with Crippen molar-refractivity contribution in [1.29, 1.82) is 0 Å². The molecule has 0 aliphatic rings. The van der Waals surface area contributed by atoms with Crippen LogP contribution in [0.2, 0.25) is 5.02 Å². The Kier molecular flexibility index (Phi) is 3.86. The molecule has 2 aromatic heterocycles. The van der Waals surface area contributed by atoms with Gasteiger partial charge in [0, 0.05) is 40.1 Å². The molecule has 0 aliphatic heterocycles. The van der Waals surface area contributed by atoms with E-state index >= 15 is 0 Å². The van der Waals surface area contributed by atoms with Gasteiger partial charge >= 0.3 is 0 Å². The summed E-state index contributed by atoms with van der Waals surface area (Å²) in [6.45, 7) is 4.28. The van der Waals surface area contributed by atoms with Crippen molar-refractivity contribution in [2.24, 2.45) is 0 Å². The molecule has 0 saturated heterocycles. The molecule has 0 aliphatic carbocycles. The fraction of sp³-hybridized carbons (Fsp3) is 0.176. The quantitative estimate of drug-likeness (QED) is 0.773.